The molecule has 2 rings (SSSR count). The first-order valence-corrected chi connectivity index (χ1v) is 6.98. The van der Waals surface area contributed by atoms with Gasteiger partial charge in [-0.1, -0.05) is 23.2 Å². The van der Waals surface area contributed by atoms with Gasteiger partial charge in [-0.2, -0.15) is 0 Å². The van der Waals surface area contributed by atoms with Gasteiger partial charge in [-0.3, -0.25) is 0 Å². The Morgan fingerprint density at radius 3 is 2.60 bits per heavy atom. The quantitative estimate of drug-likeness (QED) is 0.635. The zero-order chi connectivity index (χ0) is 10.8. The van der Waals surface area contributed by atoms with Crippen molar-refractivity contribution in [1.82, 2.24) is 0 Å². The average molecular weight is 369 g/mol. The van der Waals surface area contributed by atoms with Crippen LogP contribution >= 0.6 is 57.1 Å². The standard InChI is InChI=1S/C11H7Cl2IS/c12-10-3-1-8(14)5-7(10)6-9-2-4-11(13)15-9/h1-5H,6H2. The van der Waals surface area contributed by atoms with Crippen molar-refractivity contribution in [2.75, 3.05) is 0 Å². The summed E-state index contributed by atoms with van der Waals surface area (Å²) >= 11 is 15.9. The van der Waals surface area contributed by atoms with Crippen molar-refractivity contribution in [3.63, 3.8) is 0 Å². The molecule has 0 atom stereocenters. The molecular weight excluding hydrogens is 362 g/mol. The maximum atomic E-state index is 6.12. The Bertz CT molecular complexity index is 479. The second kappa shape index (κ2) is 5.04. The van der Waals surface area contributed by atoms with Gasteiger partial charge in [0.15, 0.2) is 0 Å². The Kier molecular flexibility index (Phi) is 3.93. The van der Waals surface area contributed by atoms with Gasteiger partial charge in [-0.05, 0) is 58.5 Å². The third-order valence-corrected chi connectivity index (χ3v) is 4.27. The van der Waals surface area contributed by atoms with E-state index in [1.807, 2.05) is 24.3 Å². The normalized spacial score (nSPS) is 10.6. The molecule has 0 aliphatic carbocycles. The van der Waals surface area contributed by atoms with Crippen LogP contribution in [0, 0.1) is 3.57 Å². The van der Waals surface area contributed by atoms with Crippen molar-refractivity contribution < 1.29 is 0 Å². The summed E-state index contributed by atoms with van der Waals surface area (Å²) in [6, 6.07) is 10.0. The van der Waals surface area contributed by atoms with Crippen LogP contribution in [0.5, 0.6) is 0 Å². The second-order valence-corrected chi connectivity index (χ2v) is 6.57. The number of benzene rings is 1. The Morgan fingerprint density at radius 2 is 1.93 bits per heavy atom. The SMILES string of the molecule is Clc1ccc(Cc2cc(I)ccc2Cl)s1. The van der Waals surface area contributed by atoms with E-state index >= 15 is 0 Å². The van der Waals surface area contributed by atoms with Gasteiger partial charge in [-0.15, -0.1) is 11.3 Å². The van der Waals surface area contributed by atoms with E-state index in [1.54, 1.807) is 11.3 Å². The molecule has 0 bridgehead atoms. The molecule has 15 heavy (non-hydrogen) atoms. The summed E-state index contributed by atoms with van der Waals surface area (Å²) in [6.45, 7) is 0. The lowest BCUT2D eigenvalue weighted by Crippen LogP contribution is -1.87. The highest BCUT2D eigenvalue weighted by molar-refractivity contribution is 14.1. The van der Waals surface area contributed by atoms with Crippen molar-refractivity contribution in [1.29, 1.82) is 0 Å². The van der Waals surface area contributed by atoms with Crippen LogP contribution in [0.4, 0.5) is 0 Å². The fraction of sp³-hybridized carbons (Fsp3) is 0.0909. The third kappa shape index (κ3) is 3.09. The summed E-state index contributed by atoms with van der Waals surface area (Å²) in [5.41, 5.74) is 1.15. The van der Waals surface area contributed by atoms with Crippen LogP contribution in [0.2, 0.25) is 9.36 Å². The van der Waals surface area contributed by atoms with Crippen molar-refractivity contribution >= 4 is 57.1 Å². The van der Waals surface area contributed by atoms with E-state index in [4.69, 9.17) is 23.2 Å². The molecule has 0 amide bonds. The summed E-state index contributed by atoms with van der Waals surface area (Å²) in [4.78, 5) is 1.24. The lowest BCUT2D eigenvalue weighted by Gasteiger charge is -2.02. The van der Waals surface area contributed by atoms with Crippen LogP contribution in [0.15, 0.2) is 30.3 Å². The van der Waals surface area contributed by atoms with Gasteiger partial charge in [0.1, 0.15) is 0 Å². The smallest absolute Gasteiger partial charge is 0.0931 e. The molecule has 0 aliphatic heterocycles. The van der Waals surface area contributed by atoms with Gasteiger partial charge in [0, 0.05) is 19.9 Å². The van der Waals surface area contributed by atoms with Gasteiger partial charge in [0.2, 0.25) is 0 Å². The van der Waals surface area contributed by atoms with Gasteiger partial charge in [-0.25, -0.2) is 0 Å². The first-order valence-electron chi connectivity index (χ1n) is 4.33. The molecule has 0 saturated heterocycles. The lowest BCUT2D eigenvalue weighted by atomic mass is 10.1. The molecule has 1 heterocycles. The highest BCUT2D eigenvalue weighted by Crippen LogP contribution is 2.27. The Balaban J connectivity index is 2.27. The van der Waals surface area contributed by atoms with Crippen LogP contribution < -0.4 is 0 Å². The predicted molar refractivity (Wildman–Crippen MR) is 76.3 cm³/mol. The van der Waals surface area contributed by atoms with Crippen molar-refractivity contribution in [3.8, 4) is 0 Å². The number of hydrogen-bond donors (Lipinski definition) is 0. The van der Waals surface area contributed by atoms with E-state index in [9.17, 15) is 0 Å². The summed E-state index contributed by atoms with van der Waals surface area (Å²) in [5.74, 6) is 0. The Hall–Kier alpha value is 0.230. The zero-order valence-electron chi connectivity index (χ0n) is 7.64. The summed E-state index contributed by atoms with van der Waals surface area (Å²) < 4.78 is 2.03. The number of rotatable bonds is 2. The molecule has 0 aliphatic rings. The van der Waals surface area contributed by atoms with E-state index in [0.29, 0.717) is 0 Å². The minimum Gasteiger partial charge on any atom is -0.128 e. The molecule has 78 valence electrons. The molecule has 0 N–H and O–H groups in total. The summed E-state index contributed by atoms with van der Waals surface area (Å²) in [6.07, 6.45) is 0.854. The molecule has 0 spiro atoms. The highest BCUT2D eigenvalue weighted by Gasteiger charge is 2.04. The van der Waals surface area contributed by atoms with Crippen LogP contribution in [0.1, 0.15) is 10.4 Å². The molecule has 2 aromatic rings. The largest absolute Gasteiger partial charge is 0.128 e. The fourth-order valence-corrected chi connectivity index (χ4v) is 3.16. The molecule has 0 fully saturated rings. The van der Waals surface area contributed by atoms with E-state index < -0.39 is 0 Å². The van der Waals surface area contributed by atoms with E-state index in [-0.39, 0.29) is 0 Å². The van der Waals surface area contributed by atoms with E-state index in [2.05, 4.69) is 28.7 Å². The van der Waals surface area contributed by atoms with Gasteiger partial charge in [0.05, 0.1) is 4.34 Å². The zero-order valence-corrected chi connectivity index (χ0v) is 12.1. The number of thiophene rings is 1. The predicted octanol–water partition coefficient (Wildman–Crippen LogP) is 5.25. The van der Waals surface area contributed by atoms with E-state index in [0.717, 1.165) is 21.3 Å². The second-order valence-electron chi connectivity index (χ2n) is 3.12. The molecule has 0 saturated carbocycles. The van der Waals surface area contributed by atoms with Crippen LogP contribution in [-0.2, 0) is 6.42 Å². The molecule has 1 aromatic heterocycles. The van der Waals surface area contributed by atoms with Gasteiger partial charge >= 0.3 is 0 Å². The minimum atomic E-state index is 0.819. The molecule has 0 unspecified atom stereocenters. The molecule has 0 radical (unpaired) electrons. The van der Waals surface area contributed by atoms with Crippen molar-refractivity contribution in [2.24, 2.45) is 0 Å². The lowest BCUT2D eigenvalue weighted by molar-refractivity contribution is 1.24. The first-order chi connectivity index (χ1) is 7.15. The number of halogens is 3. The van der Waals surface area contributed by atoms with E-state index in [1.165, 1.54) is 8.45 Å². The maximum absolute atomic E-state index is 6.12. The molecule has 0 nitrogen and oxygen atoms in total. The topological polar surface area (TPSA) is 0 Å². The summed E-state index contributed by atoms with van der Waals surface area (Å²) in [5, 5.41) is 0.819. The molecule has 4 heteroatoms. The monoisotopic (exact) mass is 368 g/mol. The minimum absolute atomic E-state index is 0.819. The number of hydrogen-bond acceptors (Lipinski definition) is 1. The maximum Gasteiger partial charge on any atom is 0.0931 e. The third-order valence-electron chi connectivity index (χ3n) is 2.00. The van der Waals surface area contributed by atoms with Crippen LogP contribution in [0.3, 0.4) is 0 Å². The Morgan fingerprint density at radius 1 is 1.13 bits per heavy atom. The molecule has 1 aromatic carbocycles. The van der Waals surface area contributed by atoms with Gasteiger partial charge in [0.25, 0.3) is 0 Å². The fourth-order valence-electron chi connectivity index (χ4n) is 1.31. The van der Waals surface area contributed by atoms with Crippen molar-refractivity contribution in [2.45, 2.75) is 6.42 Å². The average Bonchev–Trinajstić information content (AvgIpc) is 2.58. The van der Waals surface area contributed by atoms with Crippen molar-refractivity contribution in [3.05, 3.63) is 53.7 Å². The molecular formula is C11H7Cl2IS. The highest BCUT2D eigenvalue weighted by atomic mass is 127. The van der Waals surface area contributed by atoms with Crippen LogP contribution in [0.25, 0.3) is 0 Å². The Labute approximate surface area is 116 Å². The van der Waals surface area contributed by atoms with Crippen LogP contribution in [-0.4, -0.2) is 0 Å². The first kappa shape index (κ1) is 11.7. The summed E-state index contributed by atoms with van der Waals surface area (Å²) in [7, 11) is 0. The van der Waals surface area contributed by atoms with Gasteiger partial charge < -0.3 is 0 Å².